The van der Waals surface area contributed by atoms with Crippen LogP contribution < -0.4 is 10.6 Å². The maximum Gasteiger partial charge on any atom is 0.228 e. The zero-order valence-corrected chi connectivity index (χ0v) is 15.9. The second kappa shape index (κ2) is 8.28. The van der Waals surface area contributed by atoms with Crippen molar-refractivity contribution in [2.45, 2.75) is 45.4 Å². The van der Waals surface area contributed by atoms with Gasteiger partial charge in [-0.25, -0.2) is 0 Å². The quantitative estimate of drug-likeness (QED) is 0.594. The Morgan fingerprint density at radius 2 is 2.17 bits per heavy atom. The minimum absolute atomic E-state index is 0.0600. The first-order valence-corrected chi connectivity index (χ1v) is 9.11. The molecule has 24 heavy (non-hydrogen) atoms. The monoisotopic (exact) mass is 349 g/mol. The molecular weight excluding hydrogens is 322 g/mol. The Kier molecular flexibility index (Phi) is 6.36. The Bertz CT molecular complexity index is 646. The molecule has 0 atom stereocenters. The van der Waals surface area contributed by atoms with Crippen molar-refractivity contribution in [3.8, 4) is 0 Å². The summed E-state index contributed by atoms with van der Waals surface area (Å²) in [7, 11) is 1.77. The van der Waals surface area contributed by atoms with Crippen molar-refractivity contribution in [1.29, 1.82) is 0 Å². The van der Waals surface area contributed by atoms with E-state index in [1.807, 2.05) is 13.8 Å². The largest absolute Gasteiger partial charge is 0.356 e. The number of nitrogens with zero attached hydrogens (tertiary/aromatic N) is 3. The number of hydrogen-bond donors (Lipinski definition) is 2. The van der Waals surface area contributed by atoms with Crippen molar-refractivity contribution in [1.82, 2.24) is 20.8 Å². The van der Waals surface area contributed by atoms with Gasteiger partial charge in [0.25, 0.3) is 0 Å². The molecule has 0 saturated carbocycles. The summed E-state index contributed by atoms with van der Waals surface area (Å²) in [5.74, 6) is 2.47. The number of thiophene rings is 1. The van der Waals surface area contributed by atoms with Crippen molar-refractivity contribution in [3.05, 3.63) is 34.1 Å². The van der Waals surface area contributed by atoms with Gasteiger partial charge in [0.1, 0.15) is 0 Å². The van der Waals surface area contributed by atoms with Crippen LogP contribution in [0.2, 0.25) is 0 Å². The fourth-order valence-electron chi connectivity index (χ4n) is 2.17. The number of aliphatic imine (C=N–C) groups is 1. The lowest BCUT2D eigenvalue weighted by molar-refractivity contribution is 0.371. The van der Waals surface area contributed by atoms with E-state index in [1.54, 1.807) is 18.4 Å². The molecule has 0 bridgehead atoms. The smallest absolute Gasteiger partial charge is 0.228 e. The molecule has 2 N–H and O–H groups in total. The molecule has 0 unspecified atom stereocenters. The summed E-state index contributed by atoms with van der Waals surface area (Å²) >= 11 is 1.78. The van der Waals surface area contributed by atoms with Gasteiger partial charge in [0.05, 0.1) is 0 Å². The Morgan fingerprint density at radius 3 is 2.75 bits per heavy atom. The Balaban J connectivity index is 1.78. The molecule has 2 aromatic rings. The highest BCUT2D eigenvalue weighted by Gasteiger charge is 2.21. The fourth-order valence-corrected chi connectivity index (χ4v) is 3.02. The molecule has 6 nitrogen and oxygen atoms in total. The van der Waals surface area contributed by atoms with Crippen molar-refractivity contribution in [2.24, 2.45) is 4.99 Å². The molecule has 0 fully saturated rings. The van der Waals surface area contributed by atoms with Crippen LogP contribution in [0.15, 0.2) is 27.0 Å². The first-order chi connectivity index (χ1) is 11.4. The lowest BCUT2D eigenvalue weighted by atomic mass is 9.91. The van der Waals surface area contributed by atoms with Crippen LogP contribution >= 0.6 is 11.3 Å². The number of aromatic nitrogens is 2. The van der Waals surface area contributed by atoms with Crippen molar-refractivity contribution < 1.29 is 4.52 Å². The lowest BCUT2D eigenvalue weighted by Gasteiger charge is -2.25. The molecule has 0 radical (unpaired) electrons. The van der Waals surface area contributed by atoms with Gasteiger partial charge in [0, 0.05) is 42.8 Å². The van der Waals surface area contributed by atoms with Crippen LogP contribution in [-0.4, -0.2) is 36.2 Å². The third-order valence-corrected chi connectivity index (χ3v) is 4.98. The lowest BCUT2D eigenvalue weighted by Crippen LogP contribution is -2.43. The van der Waals surface area contributed by atoms with Crippen molar-refractivity contribution in [2.75, 3.05) is 20.1 Å². The van der Waals surface area contributed by atoms with Gasteiger partial charge >= 0.3 is 0 Å². The van der Waals surface area contributed by atoms with E-state index in [0.717, 1.165) is 18.3 Å². The third kappa shape index (κ3) is 5.06. The summed E-state index contributed by atoms with van der Waals surface area (Å²) in [6, 6.07) is 4.26. The minimum Gasteiger partial charge on any atom is -0.356 e. The zero-order valence-electron chi connectivity index (χ0n) is 15.1. The van der Waals surface area contributed by atoms with Crippen LogP contribution in [0, 0.1) is 0 Å². The Hall–Kier alpha value is -1.89. The number of rotatable bonds is 7. The molecule has 2 aromatic heterocycles. The van der Waals surface area contributed by atoms with Crippen LogP contribution in [-0.2, 0) is 11.8 Å². The minimum atomic E-state index is 0.0600. The normalized spacial score (nSPS) is 12.7. The highest BCUT2D eigenvalue weighted by molar-refractivity contribution is 7.10. The SMILES string of the molecule is CN=C(NCCc1nc(C(C)C)no1)NCC(C)(C)c1cccs1. The third-order valence-electron chi connectivity index (χ3n) is 3.74. The second-order valence-corrected chi connectivity index (χ2v) is 7.61. The average Bonchev–Trinajstić information content (AvgIpc) is 3.22. The van der Waals surface area contributed by atoms with Gasteiger partial charge < -0.3 is 15.2 Å². The van der Waals surface area contributed by atoms with Crippen LogP contribution in [0.1, 0.15) is 50.2 Å². The highest BCUT2D eigenvalue weighted by Crippen LogP contribution is 2.26. The van der Waals surface area contributed by atoms with Gasteiger partial charge in [0.15, 0.2) is 11.8 Å². The molecule has 0 amide bonds. The van der Waals surface area contributed by atoms with Crippen molar-refractivity contribution >= 4 is 17.3 Å². The van der Waals surface area contributed by atoms with Crippen LogP contribution in [0.3, 0.4) is 0 Å². The molecule has 2 heterocycles. The van der Waals surface area contributed by atoms with Crippen LogP contribution in [0.4, 0.5) is 0 Å². The average molecular weight is 350 g/mol. The van der Waals surface area contributed by atoms with Gasteiger partial charge in [-0.1, -0.05) is 38.9 Å². The molecular formula is C17H27N5OS. The first-order valence-electron chi connectivity index (χ1n) is 8.23. The summed E-state index contributed by atoms with van der Waals surface area (Å²) in [5.41, 5.74) is 0.0600. The fraction of sp³-hybridized carbons (Fsp3) is 0.588. The van der Waals surface area contributed by atoms with E-state index in [2.05, 4.69) is 57.1 Å². The summed E-state index contributed by atoms with van der Waals surface area (Å²) < 4.78 is 5.24. The first kappa shape index (κ1) is 18.4. The molecule has 0 aliphatic carbocycles. The van der Waals surface area contributed by atoms with Gasteiger partial charge in [-0.2, -0.15) is 4.98 Å². The Labute approximate surface area is 147 Å². The Morgan fingerprint density at radius 1 is 1.38 bits per heavy atom. The zero-order chi connectivity index (χ0) is 17.6. The number of nitrogens with one attached hydrogen (secondary N) is 2. The summed E-state index contributed by atoms with van der Waals surface area (Å²) in [5, 5.41) is 12.8. The standard InChI is InChI=1S/C17H27N5OS/c1-12(2)15-21-14(23-22-15)8-9-19-16(18-5)20-11-17(3,4)13-7-6-10-24-13/h6-7,10,12H,8-9,11H2,1-5H3,(H2,18,19,20). The van der Waals surface area contributed by atoms with E-state index in [-0.39, 0.29) is 11.3 Å². The molecule has 0 aliphatic heterocycles. The van der Waals surface area contributed by atoms with Gasteiger partial charge in [-0.05, 0) is 11.4 Å². The van der Waals surface area contributed by atoms with Crippen molar-refractivity contribution in [3.63, 3.8) is 0 Å². The van der Waals surface area contributed by atoms with Gasteiger partial charge in [-0.15, -0.1) is 11.3 Å². The molecule has 132 valence electrons. The summed E-state index contributed by atoms with van der Waals surface area (Å²) in [6.45, 7) is 10.1. The molecule has 0 saturated heterocycles. The molecule has 0 aliphatic rings. The maximum absolute atomic E-state index is 5.24. The molecule has 7 heteroatoms. The second-order valence-electron chi connectivity index (χ2n) is 6.66. The van der Waals surface area contributed by atoms with E-state index in [4.69, 9.17) is 4.52 Å². The van der Waals surface area contributed by atoms with Gasteiger partial charge in [0.2, 0.25) is 5.89 Å². The maximum atomic E-state index is 5.24. The van der Waals surface area contributed by atoms with Gasteiger partial charge in [-0.3, -0.25) is 4.99 Å². The van der Waals surface area contributed by atoms with E-state index < -0.39 is 0 Å². The molecule has 0 spiro atoms. The van der Waals surface area contributed by atoms with E-state index >= 15 is 0 Å². The number of guanidine groups is 1. The van der Waals surface area contributed by atoms with E-state index in [9.17, 15) is 0 Å². The summed E-state index contributed by atoms with van der Waals surface area (Å²) in [6.07, 6.45) is 0.675. The topological polar surface area (TPSA) is 75.3 Å². The van der Waals surface area contributed by atoms with Crippen LogP contribution in [0.5, 0.6) is 0 Å². The summed E-state index contributed by atoms with van der Waals surface area (Å²) in [4.78, 5) is 10.0. The van der Waals surface area contributed by atoms with E-state index in [1.165, 1.54) is 4.88 Å². The predicted octanol–water partition coefficient (Wildman–Crippen LogP) is 2.94. The van der Waals surface area contributed by atoms with E-state index in [0.29, 0.717) is 18.9 Å². The highest BCUT2D eigenvalue weighted by atomic mass is 32.1. The molecule has 2 rings (SSSR count). The number of hydrogen-bond acceptors (Lipinski definition) is 5. The molecule has 0 aromatic carbocycles. The van der Waals surface area contributed by atoms with Crippen LogP contribution in [0.25, 0.3) is 0 Å². The predicted molar refractivity (Wildman–Crippen MR) is 98.8 cm³/mol.